The van der Waals surface area contributed by atoms with Crippen molar-refractivity contribution in [3.63, 3.8) is 0 Å². The standard InChI is InChI=1S/C30H29F3N4O5S/c1-19-6-11-26(42-18-20-7-9-21(10-8-20)22-12-14-36(15-13-22)43(2,40)41)23(16-19)25-4-3-5-27(35-25)37-28(30(31,32)33)24(17-34-37)29(38)39/h3-11,16-17,22H,12-15,18H2,1-2H3,(H,38,39). The fourth-order valence-corrected chi connectivity index (χ4v) is 6.05. The highest BCUT2D eigenvalue weighted by atomic mass is 32.2. The van der Waals surface area contributed by atoms with E-state index in [0.717, 1.165) is 29.5 Å². The summed E-state index contributed by atoms with van der Waals surface area (Å²) in [6.45, 7) is 3.09. The summed E-state index contributed by atoms with van der Waals surface area (Å²) in [4.78, 5) is 15.8. The number of ether oxygens (including phenoxy) is 1. The molecule has 3 heterocycles. The van der Waals surface area contributed by atoms with E-state index < -0.39 is 33.4 Å². The van der Waals surface area contributed by atoms with Gasteiger partial charge in [0.05, 0.1) is 18.1 Å². The maximum Gasteiger partial charge on any atom is 0.434 e. The molecule has 4 aromatic rings. The minimum atomic E-state index is -4.97. The number of piperidine rings is 1. The molecule has 0 aliphatic carbocycles. The molecule has 0 bridgehead atoms. The minimum Gasteiger partial charge on any atom is -0.488 e. The number of nitrogens with zero attached hydrogens (tertiary/aromatic N) is 4. The Labute approximate surface area is 246 Å². The molecule has 1 aliphatic rings. The number of carboxylic acid groups (broad SMARTS) is 1. The Bertz CT molecular complexity index is 1750. The number of aryl methyl sites for hydroxylation is 1. The summed E-state index contributed by atoms with van der Waals surface area (Å²) < 4.78 is 73.1. The zero-order chi connectivity index (χ0) is 30.9. The van der Waals surface area contributed by atoms with Gasteiger partial charge in [0, 0.05) is 18.7 Å². The molecule has 0 spiro atoms. The molecule has 0 saturated carbocycles. The molecule has 43 heavy (non-hydrogen) atoms. The number of hydrogen-bond donors (Lipinski definition) is 1. The van der Waals surface area contributed by atoms with Gasteiger partial charge in [-0.05, 0) is 61.1 Å². The van der Waals surface area contributed by atoms with Crippen molar-refractivity contribution < 1.29 is 36.2 Å². The number of pyridine rings is 1. The third-order valence-electron chi connectivity index (χ3n) is 7.40. The minimum absolute atomic E-state index is 0.192. The highest BCUT2D eigenvalue weighted by molar-refractivity contribution is 7.88. The maximum atomic E-state index is 13.8. The molecule has 13 heteroatoms. The molecule has 2 aromatic carbocycles. The van der Waals surface area contributed by atoms with Gasteiger partial charge in [0.25, 0.3) is 0 Å². The van der Waals surface area contributed by atoms with Crippen LogP contribution in [0.1, 0.15) is 51.5 Å². The molecule has 1 saturated heterocycles. The average Bonchev–Trinajstić information content (AvgIpc) is 3.43. The molecule has 2 aromatic heterocycles. The Hall–Kier alpha value is -4.23. The van der Waals surface area contributed by atoms with Crippen LogP contribution in [-0.4, -0.2) is 57.9 Å². The number of aromatic carboxylic acids is 1. The van der Waals surface area contributed by atoms with E-state index in [0.29, 0.717) is 41.0 Å². The van der Waals surface area contributed by atoms with Crippen LogP contribution < -0.4 is 4.74 Å². The molecule has 1 N–H and O–H groups in total. The third-order valence-corrected chi connectivity index (χ3v) is 8.70. The van der Waals surface area contributed by atoms with Gasteiger partial charge in [-0.3, -0.25) is 0 Å². The van der Waals surface area contributed by atoms with Crippen LogP contribution in [0.4, 0.5) is 13.2 Å². The fraction of sp³-hybridized carbons (Fsp3) is 0.300. The van der Waals surface area contributed by atoms with Crippen LogP contribution in [0.5, 0.6) is 5.75 Å². The van der Waals surface area contributed by atoms with E-state index in [2.05, 4.69) is 10.1 Å². The Kier molecular flexibility index (Phi) is 8.30. The Morgan fingerprint density at radius 3 is 2.40 bits per heavy atom. The van der Waals surface area contributed by atoms with Crippen LogP contribution in [0.3, 0.4) is 0 Å². The first-order valence-electron chi connectivity index (χ1n) is 13.4. The van der Waals surface area contributed by atoms with Crippen LogP contribution in [0.25, 0.3) is 17.1 Å². The molecule has 0 radical (unpaired) electrons. The Balaban J connectivity index is 1.35. The number of sulfonamides is 1. The first-order valence-corrected chi connectivity index (χ1v) is 15.3. The van der Waals surface area contributed by atoms with Gasteiger partial charge in [0.2, 0.25) is 10.0 Å². The first-order chi connectivity index (χ1) is 20.3. The van der Waals surface area contributed by atoms with Gasteiger partial charge in [0.1, 0.15) is 17.9 Å². The van der Waals surface area contributed by atoms with Crippen LogP contribution in [0.15, 0.2) is 66.9 Å². The number of benzene rings is 2. The Morgan fingerprint density at radius 1 is 1.07 bits per heavy atom. The maximum absolute atomic E-state index is 13.8. The molecular weight excluding hydrogens is 585 g/mol. The molecule has 5 rings (SSSR count). The largest absolute Gasteiger partial charge is 0.488 e. The molecule has 0 unspecified atom stereocenters. The van der Waals surface area contributed by atoms with Gasteiger partial charge in [-0.15, -0.1) is 0 Å². The number of carbonyl (C=O) groups is 1. The van der Waals surface area contributed by atoms with E-state index in [1.165, 1.54) is 22.7 Å². The van der Waals surface area contributed by atoms with Crippen LogP contribution in [0.2, 0.25) is 0 Å². The summed E-state index contributed by atoms with van der Waals surface area (Å²) >= 11 is 0. The number of carboxylic acids is 1. The molecule has 226 valence electrons. The lowest BCUT2D eigenvalue weighted by Gasteiger charge is -2.30. The summed E-state index contributed by atoms with van der Waals surface area (Å²) in [5.74, 6) is -1.19. The van der Waals surface area contributed by atoms with Crippen LogP contribution in [-0.2, 0) is 22.8 Å². The van der Waals surface area contributed by atoms with Gasteiger partial charge < -0.3 is 9.84 Å². The van der Waals surface area contributed by atoms with Crippen molar-refractivity contribution in [2.75, 3.05) is 19.3 Å². The van der Waals surface area contributed by atoms with Gasteiger partial charge in [-0.25, -0.2) is 27.2 Å². The van der Waals surface area contributed by atoms with E-state index in [1.807, 2.05) is 43.3 Å². The highest BCUT2D eigenvalue weighted by Gasteiger charge is 2.41. The zero-order valence-corrected chi connectivity index (χ0v) is 24.2. The molecule has 9 nitrogen and oxygen atoms in total. The zero-order valence-electron chi connectivity index (χ0n) is 23.4. The highest BCUT2D eigenvalue weighted by Crippen LogP contribution is 2.35. The number of hydrogen-bond acceptors (Lipinski definition) is 6. The summed E-state index contributed by atoms with van der Waals surface area (Å²) in [7, 11) is -3.18. The molecule has 1 fully saturated rings. The predicted octanol–water partition coefficient (Wildman–Crippen LogP) is 5.68. The van der Waals surface area contributed by atoms with E-state index in [4.69, 9.17) is 4.74 Å². The number of alkyl halides is 3. The van der Waals surface area contributed by atoms with Crippen molar-refractivity contribution in [2.24, 2.45) is 0 Å². The number of aromatic nitrogens is 3. The lowest BCUT2D eigenvalue weighted by Crippen LogP contribution is -2.37. The predicted molar refractivity (Wildman–Crippen MR) is 153 cm³/mol. The average molecular weight is 615 g/mol. The quantitative estimate of drug-likeness (QED) is 0.272. The SMILES string of the molecule is Cc1ccc(OCc2ccc(C3CCN(S(C)(=O)=O)CC3)cc2)c(-c2cccc(-n3ncc(C(=O)O)c3C(F)(F)F)n2)c1. The summed E-state index contributed by atoms with van der Waals surface area (Å²) in [6, 6.07) is 17.9. The fourth-order valence-electron chi connectivity index (χ4n) is 5.18. The van der Waals surface area contributed by atoms with Crippen molar-refractivity contribution in [1.29, 1.82) is 0 Å². The second kappa shape index (κ2) is 11.8. The first kappa shape index (κ1) is 30.2. The Morgan fingerprint density at radius 2 is 1.77 bits per heavy atom. The van der Waals surface area contributed by atoms with Crippen molar-refractivity contribution >= 4 is 16.0 Å². The van der Waals surface area contributed by atoms with Crippen LogP contribution >= 0.6 is 0 Å². The van der Waals surface area contributed by atoms with E-state index in [9.17, 15) is 31.5 Å². The summed E-state index contributed by atoms with van der Waals surface area (Å²) in [5.41, 5.74) is 1.40. The lowest BCUT2D eigenvalue weighted by molar-refractivity contribution is -0.143. The lowest BCUT2D eigenvalue weighted by atomic mass is 9.90. The molecular formula is C30H29F3N4O5S. The van der Waals surface area contributed by atoms with Gasteiger partial charge in [0.15, 0.2) is 11.5 Å². The second-order valence-corrected chi connectivity index (χ2v) is 12.5. The van der Waals surface area contributed by atoms with Crippen molar-refractivity contribution in [3.8, 4) is 22.8 Å². The smallest absolute Gasteiger partial charge is 0.434 e. The van der Waals surface area contributed by atoms with E-state index >= 15 is 0 Å². The monoisotopic (exact) mass is 614 g/mol. The van der Waals surface area contributed by atoms with E-state index in [-0.39, 0.29) is 18.3 Å². The summed E-state index contributed by atoms with van der Waals surface area (Å²) in [6.07, 6.45) is -1.58. The second-order valence-electron chi connectivity index (χ2n) is 10.5. The summed E-state index contributed by atoms with van der Waals surface area (Å²) in [5, 5.41) is 12.9. The normalized spacial score (nSPS) is 15.0. The third kappa shape index (κ3) is 6.73. The number of halogens is 3. The van der Waals surface area contributed by atoms with Crippen molar-refractivity contribution in [1.82, 2.24) is 19.1 Å². The topological polar surface area (TPSA) is 115 Å². The van der Waals surface area contributed by atoms with Gasteiger partial charge in [-0.1, -0.05) is 42.0 Å². The van der Waals surface area contributed by atoms with Crippen molar-refractivity contribution in [3.05, 3.63) is 94.8 Å². The van der Waals surface area contributed by atoms with E-state index in [1.54, 1.807) is 12.1 Å². The van der Waals surface area contributed by atoms with Gasteiger partial charge in [-0.2, -0.15) is 18.3 Å². The van der Waals surface area contributed by atoms with Crippen LogP contribution in [0, 0.1) is 6.92 Å². The van der Waals surface area contributed by atoms with Crippen molar-refractivity contribution in [2.45, 2.75) is 38.5 Å². The van der Waals surface area contributed by atoms with Gasteiger partial charge >= 0.3 is 12.1 Å². The molecule has 0 amide bonds. The molecule has 0 atom stereocenters. The number of rotatable bonds is 8. The molecule has 1 aliphatic heterocycles.